The van der Waals surface area contributed by atoms with Gasteiger partial charge < -0.3 is 15.0 Å². The number of rotatable bonds is 4. The number of benzene rings is 1. The van der Waals surface area contributed by atoms with Crippen LogP contribution in [0, 0.1) is 6.92 Å². The van der Waals surface area contributed by atoms with E-state index in [1.807, 2.05) is 26.1 Å². The number of pyridine rings is 1. The lowest BCUT2D eigenvalue weighted by Gasteiger charge is -2.33. The fourth-order valence-electron chi connectivity index (χ4n) is 5.44. The monoisotopic (exact) mass is 452 g/mol. The van der Waals surface area contributed by atoms with Crippen molar-refractivity contribution in [3.05, 3.63) is 47.3 Å². The smallest absolute Gasteiger partial charge is 0.310 e. The molecule has 7 nitrogen and oxygen atoms in total. The van der Waals surface area contributed by atoms with E-state index in [4.69, 9.17) is 9.72 Å². The first kappa shape index (κ1) is 20.5. The molecule has 33 heavy (non-hydrogen) atoms. The van der Waals surface area contributed by atoms with Crippen LogP contribution in [0.15, 0.2) is 30.5 Å². The number of alkyl halides is 2. The van der Waals surface area contributed by atoms with E-state index in [1.54, 1.807) is 6.07 Å². The third kappa shape index (κ3) is 3.20. The molecular formula is C24H26F2N6O. The fraction of sp³-hybridized carbons (Fsp3) is 0.458. The van der Waals surface area contributed by atoms with Crippen LogP contribution in [0.3, 0.4) is 0 Å². The lowest BCUT2D eigenvalue weighted by molar-refractivity contribution is -0.0214. The summed E-state index contributed by atoms with van der Waals surface area (Å²) in [6.07, 6.45) is 3.03. The number of para-hydroxylation sites is 1. The quantitative estimate of drug-likeness (QED) is 0.644. The summed E-state index contributed by atoms with van der Waals surface area (Å²) in [4.78, 5) is 9.54. The number of ether oxygens (including phenoxy) is 1. The molecule has 2 bridgehead atoms. The number of likely N-dealkylation sites (N-methyl/N-ethyl adjacent to an activating group) is 1. The van der Waals surface area contributed by atoms with Crippen molar-refractivity contribution in [1.29, 1.82) is 0 Å². The van der Waals surface area contributed by atoms with Gasteiger partial charge in [-0.05, 0) is 39.4 Å². The maximum absolute atomic E-state index is 14.2. The van der Waals surface area contributed by atoms with Gasteiger partial charge in [-0.3, -0.25) is 4.90 Å². The lowest BCUT2D eigenvalue weighted by atomic mass is 10.0. The normalized spacial score (nSPS) is 24.2. The number of likely N-dealkylation sites (tertiary alicyclic amines) is 1. The molecule has 0 aliphatic carbocycles. The number of anilines is 2. The number of hydrogen-bond donors (Lipinski definition) is 1. The number of fused-ring (bicyclic) bond motifs is 4. The molecule has 3 atom stereocenters. The summed E-state index contributed by atoms with van der Waals surface area (Å²) >= 11 is 0. The van der Waals surface area contributed by atoms with Crippen molar-refractivity contribution in [2.75, 3.05) is 37.0 Å². The van der Waals surface area contributed by atoms with Crippen LogP contribution >= 0.6 is 0 Å². The summed E-state index contributed by atoms with van der Waals surface area (Å²) in [7, 11) is 2.18. The zero-order valence-corrected chi connectivity index (χ0v) is 18.8. The Kier molecular flexibility index (Phi) is 4.49. The number of aryl methyl sites for hydroxylation is 1. The van der Waals surface area contributed by atoms with Gasteiger partial charge in [-0.25, -0.2) is 4.98 Å². The Morgan fingerprint density at radius 2 is 2.03 bits per heavy atom. The second-order valence-corrected chi connectivity index (χ2v) is 9.44. The number of halogens is 2. The van der Waals surface area contributed by atoms with E-state index in [9.17, 15) is 8.78 Å². The molecule has 6 rings (SSSR count). The number of piperazine rings is 1. The van der Waals surface area contributed by atoms with Crippen molar-refractivity contribution in [2.24, 2.45) is 0 Å². The van der Waals surface area contributed by atoms with Crippen LogP contribution in [0.1, 0.15) is 36.2 Å². The fourth-order valence-corrected chi connectivity index (χ4v) is 5.44. The first-order valence-electron chi connectivity index (χ1n) is 11.3. The molecule has 2 fully saturated rings. The molecule has 3 aromatic rings. The lowest BCUT2D eigenvalue weighted by Crippen LogP contribution is -2.44. The summed E-state index contributed by atoms with van der Waals surface area (Å²) in [5.74, 6) is -1.16. The van der Waals surface area contributed by atoms with Gasteiger partial charge in [0, 0.05) is 47.7 Å². The SMILES string of the molecule is Cc1nnc(N[C@H](C)c2cccc3c2OCC3(F)F)c2cc(N3C[C@@H]4C[C@H]3CN4C)ncc12. The van der Waals surface area contributed by atoms with Crippen LogP contribution in [0.2, 0.25) is 0 Å². The zero-order chi connectivity index (χ0) is 22.9. The Bertz CT molecular complexity index is 1250. The number of nitrogens with zero attached hydrogens (tertiary/aromatic N) is 5. The van der Waals surface area contributed by atoms with Crippen molar-refractivity contribution in [3.63, 3.8) is 0 Å². The van der Waals surface area contributed by atoms with Gasteiger partial charge in [0.15, 0.2) is 12.4 Å². The molecule has 0 saturated carbocycles. The van der Waals surface area contributed by atoms with Crippen molar-refractivity contribution in [1.82, 2.24) is 20.1 Å². The van der Waals surface area contributed by atoms with E-state index in [2.05, 4.69) is 38.4 Å². The van der Waals surface area contributed by atoms with Gasteiger partial charge in [-0.1, -0.05) is 12.1 Å². The van der Waals surface area contributed by atoms with Crippen LogP contribution in [-0.2, 0) is 5.92 Å². The van der Waals surface area contributed by atoms with Crippen LogP contribution in [0.5, 0.6) is 5.75 Å². The topological polar surface area (TPSA) is 66.4 Å². The zero-order valence-electron chi connectivity index (χ0n) is 18.8. The molecule has 0 radical (unpaired) electrons. The number of aromatic nitrogens is 3. The van der Waals surface area contributed by atoms with E-state index >= 15 is 0 Å². The molecule has 0 unspecified atom stereocenters. The van der Waals surface area contributed by atoms with Gasteiger partial charge >= 0.3 is 5.92 Å². The molecule has 9 heteroatoms. The standard InChI is InChI=1S/C24H26F2N6O/c1-13(17-5-4-6-20-22(17)33-12-24(20,25)26)28-23-18-8-21(27-9-19(18)14(2)29-30-23)32-11-15-7-16(32)10-31(15)3/h4-6,8-9,13,15-16H,7,10-12H2,1-3H3,(H,28,30)/t13-,15+,16+/m1/s1. The molecular weight excluding hydrogens is 426 g/mol. The maximum Gasteiger partial charge on any atom is 0.310 e. The largest absolute Gasteiger partial charge is 0.486 e. The molecule has 1 N–H and O–H groups in total. The number of hydrogen-bond acceptors (Lipinski definition) is 7. The average molecular weight is 453 g/mol. The highest BCUT2D eigenvalue weighted by atomic mass is 19.3. The van der Waals surface area contributed by atoms with Crippen LogP contribution in [0.25, 0.3) is 10.8 Å². The van der Waals surface area contributed by atoms with E-state index < -0.39 is 12.5 Å². The van der Waals surface area contributed by atoms with Crippen molar-refractivity contribution < 1.29 is 13.5 Å². The molecule has 5 heterocycles. The number of nitrogens with one attached hydrogen (secondary N) is 1. The van der Waals surface area contributed by atoms with Gasteiger partial charge in [0.05, 0.1) is 17.3 Å². The summed E-state index contributed by atoms with van der Waals surface area (Å²) in [5, 5.41) is 14.0. The van der Waals surface area contributed by atoms with Gasteiger partial charge in [0.2, 0.25) is 0 Å². The highest BCUT2D eigenvalue weighted by Crippen LogP contribution is 2.45. The second kappa shape index (κ2) is 7.21. The summed E-state index contributed by atoms with van der Waals surface area (Å²) in [5.41, 5.74) is 1.41. The van der Waals surface area contributed by atoms with Crippen molar-refractivity contribution >= 4 is 22.4 Å². The molecule has 0 amide bonds. The van der Waals surface area contributed by atoms with E-state index in [0.29, 0.717) is 23.5 Å². The Morgan fingerprint density at radius 1 is 1.18 bits per heavy atom. The van der Waals surface area contributed by atoms with E-state index in [-0.39, 0.29) is 17.4 Å². The Balaban J connectivity index is 1.35. The van der Waals surface area contributed by atoms with Gasteiger partial charge in [-0.15, -0.1) is 5.10 Å². The third-order valence-electron chi connectivity index (χ3n) is 7.30. The predicted molar refractivity (Wildman–Crippen MR) is 122 cm³/mol. The predicted octanol–water partition coefficient (Wildman–Crippen LogP) is 3.88. The highest BCUT2D eigenvalue weighted by molar-refractivity contribution is 5.94. The summed E-state index contributed by atoms with van der Waals surface area (Å²) < 4.78 is 33.7. The van der Waals surface area contributed by atoms with E-state index in [1.165, 1.54) is 6.07 Å². The molecule has 172 valence electrons. The molecule has 3 aliphatic rings. The highest BCUT2D eigenvalue weighted by Gasteiger charge is 2.43. The molecule has 1 aromatic carbocycles. The minimum Gasteiger partial charge on any atom is -0.486 e. The molecule has 0 spiro atoms. The van der Waals surface area contributed by atoms with E-state index in [0.717, 1.165) is 41.8 Å². The minimum atomic E-state index is -2.97. The third-order valence-corrected chi connectivity index (χ3v) is 7.30. The summed E-state index contributed by atoms with van der Waals surface area (Å²) in [6.45, 7) is 5.22. The Labute approximate surface area is 190 Å². The van der Waals surface area contributed by atoms with Gasteiger partial charge in [0.1, 0.15) is 11.6 Å². The van der Waals surface area contributed by atoms with Gasteiger partial charge in [-0.2, -0.15) is 13.9 Å². The van der Waals surface area contributed by atoms with Crippen LogP contribution in [-0.4, -0.2) is 58.9 Å². The molecule has 2 aromatic heterocycles. The first-order valence-corrected chi connectivity index (χ1v) is 11.3. The molecule has 3 aliphatic heterocycles. The van der Waals surface area contributed by atoms with Crippen molar-refractivity contribution in [3.8, 4) is 5.75 Å². The minimum absolute atomic E-state index is 0.0611. The Morgan fingerprint density at radius 3 is 2.79 bits per heavy atom. The van der Waals surface area contributed by atoms with Gasteiger partial charge in [0.25, 0.3) is 0 Å². The maximum atomic E-state index is 14.2. The van der Waals surface area contributed by atoms with Crippen LogP contribution in [0.4, 0.5) is 20.4 Å². The average Bonchev–Trinajstić information content (AvgIpc) is 3.47. The second-order valence-electron chi connectivity index (χ2n) is 9.44. The first-order chi connectivity index (χ1) is 15.8. The Hall–Kier alpha value is -3.07. The van der Waals surface area contributed by atoms with Crippen LogP contribution < -0.4 is 15.0 Å². The van der Waals surface area contributed by atoms with Crippen molar-refractivity contribution in [2.45, 2.75) is 44.3 Å². The summed E-state index contributed by atoms with van der Waals surface area (Å²) in [6, 6.07) is 7.71. The molecule has 2 saturated heterocycles.